The lowest BCUT2D eigenvalue weighted by atomic mass is 10.1. The van der Waals surface area contributed by atoms with Crippen LogP contribution in [0.1, 0.15) is 21.6 Å². The van der Waals surface area contributed by atoms with Gasteiger partial charge in [0.25, 0.3) is 5.91 Å². The first-order valence-corrected chi connectivity index (χ1v) is 10.7. The van der Waals surface area contributed by atoms with Crippen molar-refractivity contribution in [2.45, 2.75) is 17.2 Å². The maximum Gasteiger partial charge on any atom is 0.252 e. The number of thiazole rings is 1. The molecule has 2 heterocycles. The minimum Gasteiger partial charge on any atom is -0.348 e. The molecule has 7 heteroatoms. The van der Waals surface area contributed by atoms with E-state index in [-0.39, 0.29) is 5.91 Å². The van der Waals surface area contributed by atoms with Gasteiger partial charge in [-0.25, -0.2) is 9.67 Å². The van der Waals surface area contributed by atoms with Gasteiger partial charge in [0.15, 0.2) is 0 Å². The Bertz CT molecular complexity index is 1050. The van der Waals surface area contributed by atoms with Crippen LogP contribution in [0, 0.1) is 0 Å². The number of rotatable bonds is 7. The number of carbonyl (C=O) groups excluding carboxylic acids is 1. The van der Waals surface area contributed by atoms with E-state index in [2.05, 4.69) is 15.4 Å². The fourth-order valence-electron chi connectivity index (χ4n) is 2.81. The van der Waals surface area contributed by atoms with Gasteiger partial charge >= 0.3 is 0 Å². The SMILES string of the molecule is O=C(NCc1ccccc1-n1cccn1)c1ccccc1SCc1cscn1. The maximum absolute atomic E-state index is 12.8. The summed E-state index contributed by atoms with van der Waals surface area (Å²) in [5.74, 6) is 0.660. The lowest BCUT2D eigenvalue weighted by molar-refractivity contribution is 0.0948. The highest BCUT2D eigenvalue weighted by Crippen LogP contribution is 2.26. The van der Waals surface area contributed by atoms with Gasteiger partial charge in [-0.15, -0.1) is 23.1 Å². The third-order valence-corrected chi connectivity index (χ3v) is 5.92. The summed E-state index contributed by atoms with van der Waals surface area (Å²) in [7, 11) is 0. The van der Waals surface area contributed by atoms with E-state index in [4.69, 9.17) is 0 Å². The largest absolute Gasteiger partial charge is 0.348 e. The minimum atomic E-state index is -0.0864. The van der Waals surface area contributed by atoms with Crippen LogP contribution in [0.3, 0.4) is 0 Å². The minimum absolute atomic E-state index is 0.0864. The van der Waals surface area contributed by atoms with Gasteiger partial charge in [-0.2, -0.15) is 5.10 Å². The molecule has 0 aliphatic carbocycles. The number of nitrogens with zero attached hydrogens (tertiary/aromatic N) is 3. The lowest BCUT2D eigenvalue weighted by Crippen LogP contribution is -2.24. The quantitative estimate of drug-likeness (QED) is 0.458. The monoisotopic (exact) mass is 406 g/mol. The average Bonchev–Trinajstić information content (AvgIpc) is 3.45. The molecule has 0 saturated heterocycles. The molecule has 1 amide bonds. The number of aromatic nitrogens is 3. The van der Waals surface area contributed by atoms with E-state index in [0.29, 0.717) is 12.1 Å². The van der Waals surface area contributed by atoms with Crippen LogP contribution in [-0.4, -0.2) is 20.7 Å². The maximum atomic E-state index is 12.8. The molecule has 4 rings (SSSR count). The summed E-state index contributed by atoms with van der Waals surface area (Å²) in [6.45, 7) is 0.431. The van der Waals surface area contributed by atoms with Crippen LogP contribution in [0.4, 0.5) is 0 Å². The molecule has 0 saturated carbocycles. The van der Waals surface area contributed by atoms with Crippen LogP contribution < -0.4 is 5.32 Å². The summed E-state index contributed by atoms with van der Waals surface area (Å²) in [6.07, 6.45) is 3.64. The zero-order chi connectivity index (χ0) is 19.2. The summed E-state index contributed by atoms with van der Waals surface area (Å²) >= 11 is 3.21. The second-order valence-corrected chi connectivity index (χ2v) is 7.76. The topological polar surface area (TPSA) is 59.8 Å². The van der Waals surface area contributed by atoms with Crippen LogP contribution in [0.25, 0.3) is 5.69 Å². The molecule has 1 N–H and O–H groups in total. The van der Waals surface area contributed by atoms with Gasteiger partial charge in [0.1, 0.15) is 0 Å². The van der Waals surface area contributed by atoms with Gasteiger partial charge in [0.2, 0.25) is 0 Å². The summed E-state index contributed by atoms with van der Waals surface area (Å²) in [5, 5.41) is 9.36. The van der Waals surface area contributed by atoms with Gasteiger partial charge in [0.05, 0.1) is 22.5 Å². The van der Waals surface area contributed by atoms with Crippen molar-refractivity contribution in [1.29, 1.82) is 0 Å². The van der Waals surface area contributed by atoms with E-state index in [9.17, 15) is 4.79 Å². The fourth-order valence-corrected chi connectivity index (χ4v) is 4.42. The van der Waals surface area contributed by atoms with Crippen molar-refractivity contribution in [2.75, 3.05) is 0 Å². The molecule has 0 radical (unpaired) electrons. The van der Waals surface area contributed by atoms with Crippen LogP contribution in [0.5, 0.6) is 0 Å². The van der Waals surface area contributed by atoms with Crippen LogP contribution >= 0.6 is 23.1 Å². The van der Waals surface area contributed by atoms with Crippen LogP contribution in [-0.2, 0) is 12.3 Å². The predicted molar refractivity (Wildman–Crippen MR) is 113 cm³/mol. The van der Waals surface area contributed by atoms with Crippen molar-refractivity contribution in [1.82, 2.24) is 20.1 Å². The molecule has 2 aromatic carbocycles. The lowest BCUT2D eigenvalue weighted by Gasteiger charge is -2.12. The Morgan fingerprint density at radius 3 is 2.79 bits per heavy atom. The average molecular weight is 407 g/mol. The van der Waals surface area contributed by atoms with Crippen LogP contribution in [0.15, 0.2) is 82.8 Å². The first-order chi connectivity index (χ1) is 13.8. The molecule has 0 unspecified atom stereocenters. The molecule has 140 valence electrons. The molecule has 4 aromatic rings. The van der Waals surface area contributed by atoms with Crippen molar-refractivity contribution in [2.24, 2.45) is 0 Å². The number of nitrogens with one attached hydrogen (secondary N) is 1. The van der Waals surface area contributed by atoms with Gasteiger partial charge in [0, 0.05) is 35.0 Å². The van der Waals surface area contributed by atoms with E-state index in [1.807, 2.05) is 71.7 Å². The second-order valence-electron chi connectivity index (χ2n) is 6.03. The molecule has 0 fully saturated rings. The Hall–Kier alpha value is -2.90. The molecular weight excluding hydrogens is 388 g/mol. The van der Waals surface area contributed by atoms with Crippen molar-refractivity contribution >= 4 is 29.0 Å². The summed E-state index contributed by atoms with van der Waals surface area (Å²) < 4.78 is 1.80. The van der Waals surface area contributed by atoms with E-state index in [1.54, 1.807) is 34.0 Å². The third-order valence-electron chi connectivity index (χ3n) is 4.17. The molecule has 0 spiro atoms. The summed E-state index contributed by atoms with van der Waals surface area (Å²) in [5.41, 5.74) is 5.50. The third kappa shape index (κ3) is 4.32. The van der Waals surface area contributed by atoms with E-state index >= 15 is 0 Å². The highest BCUT2D eigenvalue weighted by atomic mass is 32.2. The molecule has 5 nitrogen and oxygen atoms in total. The Balaban J connectivity index is 1.46. The molecule has 2 aromatic heterocycles. The number of benzene rings is 2. The van der Waals surface area contributed by atoms with Gasteiger partial charge in [-0.05, 0) is 29.8 Å². The predicted octanol–water partition coefficient (Wildman–Crippen LogP) is 4.55. The van der Waals surface area contributed by atoms with Crippen LogP contribution in [0.2, 0.25) is 0 Å². The Morgan fingerprint density at radius 2 is 1.96 bits per heavy atom. The van der Waals surface area contributed by atoms with Crippen molar-refractivity contribution in [3.63, 3.8) is 0 Å². The number of amides is 1. The van der Waals surface area contributed by atoms with Crippen molar-refractivity contribution in [3.8, 4) is 5.69 Å². The van der Waals surface area contributed by atoms with Crippen molar-refractivity contribution < 1.29 is 4.79 Å². The zero-order valence-corrected chi connectivity index (χ0v) is 16.6. The highest BCUT2D eigenvalue weighted by molar-refractivity contribution is 7.98. The number of hydrogen-bond donors (Lipinski definition) is 1. The zero-order valence-electron chi connectivity index (χ0n) is 15.0. The number of carbonyl (C=O) groups is 1. The Labute approximate surface area is 171 Å². The van der Waals surface area contributed by atoms with Gasteiger partial charge in [-0.1, -0.05) is 30.3 Å². The number of hydrogen-bond acceptors (Lipinski definition) is 5. The van der Waals surface area contributed by atoms with E-state index < -0.39 is 0 Å². The smallest absolute Gasteiger partial charge is 0.252 e. The Morgan fingerprint density at radius 1 is 1.11 bits per heavy atom. The van der Waals surface area contributed by atoms with Gasteiger partial charge in [-0.3, -0.25) is 4.79 Å². The normalized spacial score (nSPS) is 10.7. The molecule has 0 aliphatic rings. The molecule has 0 aliphatic heterocycles. The van der Waals surface area contributed by atoms with E-state index in [1.165, 1.54) is 0 Å². The molecule has 28 heavy (non-hydrogen) atoms. The molecule has 0 atom stereocenters. The number of para-hydroxylation sites is 1. The first kappa shape index (κ1) is 18.5. The standard InChI is InChI=1S/C21H18N4OS2/c26-21(18-7-2-4-9-20(18)28-14-17-13-27-15-23-17)22-12-16-6-1-3-8-19(16)25-11-5-10-24-25/h1-11,13,15H,12,14H2,(H,22,26). The molecular formula is C21H18N4OS2. The number of thioether (sulfide) groups is 1. The van der Waals surface area contributed by atoms with Crippen molar-refractivity contribution in [3.05, 3.63) is 94.7 Å². The van der Waals surface area contributed by atoms with Gasteiger partial charge < -0.3 is 5.32 Å². The highest BCUT2D eigenvalue weighted by Gasteiger charge is 2.13. The Kier molecular flexibility index (Phi) is 5.84. The second kappa shape index (κ2) is 8.86. The summed E-state index contributed by atoms with van der Waals surface area (Å²) in [6, 6.07) is 17.5. The first-order valence-electron chi connectivity index (χ1n) is 8.76. The molecule has 0 bridgehead atoms. The van der Waals surface area contributed by atoms with E-state index in [0.717, 1.165) is 27.6 Å². The fraction of sp³-hybridized carbons (Fsp3) is 0.0952. The summed E-state index contributed by atoms with van der Waals surface area (Å²) in [4.78, 5) is 18.1.